The lowest BCUT2D eigenvalue weighted by Crippen LogP contribution is -2.33. The van der Waals surface area contributed by atoms with E-state index >= 15 is 0 Å². The van der Waals surface area contributed by atoms with E-state index in [2.05, 4.69) is 19.2 Å². The number of thiol groups is 1. The second kappa shape index (κ2) is 6.27. The molecular formula is C3H10O4SSi. The molecule has 0 saturated heterocycles. The van der Waals surface area contributed by atoms with Crippen LogP contribution in [0.15, 0.2) is 12.7 Å². The highest BCUT2D eigenvalue weighted by molar-refractivity contribution is 7.80. The molecule has 0 spiro atoms. The van der Waals surface area contributed by atoms with Gasteiger partial charge in [0.15, 0.2) is 0 Å². The van der Waals surface area contributed by atoms with E-state index in [0.29, 0.717) is 0 Å². The SMILES string of the molecule is C=CCS.O[Si](O)(O)O. The Morgan fingerprint density at radius 3 is 1.44 bits per heavy atom. The summed E-state index contributed by atoms with van der Waals surface area (Å²) in [5.41, 5.74) is 0. The van der Waals surface area contributed by atoms with Crippen molar-refractivity contribution in [2.24, 2.45) is 0 Å². The van der Waals surface area contributed by atoms with E-state index < -0.39 is 9.05 Å². The largest absolute Gasteiger partial charge is 0.668 e. The van der Waals surface area contributed by atoms with Gasteiger partial charge in [0.1, 0.15) is 0 Å². The summed E-state index contributed by atoms with van der Waals surface area (Å²) >= 11 is 3.80. The van der Waals surface area contributed by atoms with Gasteiger partial charge in [0, 0.05) is 5.75 Å². The smallest absolute Gasteiger partial charge is 0.368 e. The van der Waals surface area contributed by atoms with Crippen molar-refractivity contribution in [3.05, 3.63) is 12.7 Å². The lowest BCUT2D eigenvalue weighted by molar-refractivity contribution is 0.117. The van der Waals surface area contributed by atoms with Gasteiger partial charge in [0.2, 0.25) is 0 Å². The minimum atomic E-state index is -4.61. The third-order valence-electron chi connectivity index (χ3n) is 0.129. The molecule has 0 amide bonds. The van der Waals surface area contributed by atoms with Crippen molar-refractivity contribution in [1.82, 2.24) is 0 Å². The first-order chi connectivity index (χ1) is 3.91. The topological polar surface area (TPSA) is 80.9 Å². The minimum absolute atomic E-state index is 0.778. The third-order valence-corrected chi connectivity index (χ3v) is 0.387. The normalized spacial score (nSPS) is 9.44. The Labute approximate surface area is 60.0 Å². The van der Waals surface area contributed by atoms with Crippen LogP contribution in [0.4, 0.5) is 0 Å². The van der Waals surface area contributed by atoms with Gasteiger partial charge in [-0.2, -0.15) is 12.6 Å². The zero-order chi connectivity index (χ0) is 7.91. The van der Waals surface area contributed by atoms with Gasteiger partial charge >= 0.3 is 9.05 Å². The van der Waals surface area contributed by atoms with Crippen LogP contribution < -0.4 is 0 Å². The molecule has 0 unspecified atom stereocenters. The maximum absolute atomic E-state index is 7.33. The molecule has 0 heterocycles. The molecule has 0 fully saturated rings. The molecule has 6 heteroatoms. The Hall–Kier alpha value is 0.147. The van der Waals surface area contributed by atoms with Crippen LogP contribution in [0, 0.1) is 0 Å². The molecule has 0 aliphatic carbocycles. The van der Waals surface area contributed by atoms with Crippen molar-refractivity contribution in [2.75, 3.05) is 5.75 Å². The zero-order valence-corrected chi connectivity index (χ0v) is 6.62. The summed E-state index contributed by atoms with van der Waals surface area (Å²) in [6.07, 6.45) is 1.74. The van der Waals surface area contributed by atoms with Crippen molar-refractivity contribution < 1.29 is 19.2 Å². The monoisotopic (exact) mass is 170 g/mol. The average molecular weight is 170 g/mol. The molecule has 0 aromatic rings. The summed E-state index contributed by atoms with van der Waals surface area (Å²) in [5, 5.41) is 0. The van der Waals surface area contributed by atoms with E-state index in [1.54, 1.807) is 6.08 Å². The second-order valence-corrected chi connectivity index (χ2v) is 2.64. The van der Waals surface area contributed by atoms with Crippen LogP contribution in [-0.4, -0.2) is 34.0 Å². The number of rotatable bonds is 1. The molecule has 0 rings (SSSR count). The van der Waals surface area contributed by atoms with Crippen molar-refractivity contribution in [3.8, 4) is 0 Å². The van der Waals surface area contributed by atoms with Crippen LogP contribution in [-0.2, 0) is 0 Å². The molecule has 0 radical (unpaired) electrons. The van der Waals surface area contributed by atoms with Crippen molar-refractivity contribution in [1.29, 1.82) is 0 Å². The lowest BCUT2D eigenvalue weighted by Gasteiger charge is -1.91. The van der Waals surface area contributed by atoms with Crippen molar-refractivity contribution >= 4 is 21.7 Å². The van der Waals surface area contributed by atoms with E-state index in [4.69, 9.17) is 19.2 Å². The molecule has 56 valence electrons. The van der Waals surface area contributed by atoms with Crippen LogP contribution >= 0.6 is 12.6 Å². The summed E-state index contributed by atoms with van der Waals surface area (Å²) < 4.78 is 0. The van der Waals surface area contributed by atoms with E-state index in [1.165, 1.54) is 0 Å². The van der Waals surface area contributed by atoms with Gasteiger partial charge < -0.3 is 19.2 Å². The fourth-order valence-electron chi connectivity index (χ4n) is 0. The van der Waals surface area contributed by atoms with Crippen LogP contribution in [0.5, 0.6) is 0 Å². The quantitative estimate of drug-likeness (QED) is 0.188. The first-order valence-electron chi connectivity index (χ1n) is 2.03. The number of hydrogen-bond donors (Lipinski definition) is 5. The molecule has 0 aliphatic heterocycles. The Kier molecular flexibility index (Phi) is 8.28. The van der Waals surface area contributed by atoms with Gasteiger partial charge in [-0.1, -0.05) is 6.08 Å². The van der Waals surface area contributed by atoms with Crippen LogP contribution in [0.25, 0.3) is 0 Å². The maximum atomic E-state index is 7.33. The van der Waals surface area contributed by atoms with Crippen LogP contribution in [0.1, 0.15) is 0 Å². The molecule has 0 aliphatic rings. The van der Waals surface area contributed by atoms with E-state index in [9.17, 15) is 0 Å². The van der Waals surface area contributed by atoms with E-state index in [-0.39, 0.29) is 0 Å². The van der Waals surface area contributed by atoms with Crippen LogP contribution in [0.3, 0.4) is 0 Å². The molecule has 9 heavy (non-hydrogen) atoms. The Balaban J connectivity index is 0. The van der Waals surface area contributed by atoms with Gasteiger partial charge in [-0.15, -0.1) is 6.58 Å². The summed E-state index contributed by atoms with van der Waals surface area (Å²) in [5.74, 6) is 0.778. The first-order valence-corrected chi connectivity index (χ1v) is 4.45. The van der Waals surface area contributed by atoms with Gasteiger partial charge in [0.05, 0.1) is 0 Å². The maximum Gasteiger partial charge on any atom is 0.668 e. The molecule has 0 aromatic carbocycles. The average Bonchev–Trinajstić information content (AvgIpc) is 1.61. The van der Waals surface area contributed by atoms with E-state index in [0.717, 1.165) is 5.75 Å². The highest BCUT2D eigenvalue weighted by atomic mass is 32.1. The molecule has 4 nitrogen and oxygen atoms in total. The molecule has 0 aromatic heterocycles. The fourth-order valence-corrected chi connectivity index (χ4v) is 0. The highest BCUT2D eigenvalue weighted by Gasteiger charge is 2.22. The first kappa shape index (κ1) is 11.9. The predicted molar refractivity (Wildman–Crippen MR) is 38.7 cm³/mol. The van der Waals surface area contributed by atoms with Gasteiger partial charge in [0.25, 0.3) is 0 Å². The summed E-state index contributed by atoms with van der Waals surface area (Å²) in [6, 6.07) is 0. The second-order valence-electron chi connectivity index (χ2n) is 1.07. The van der Waals surface area contributed by atoms with Gasteiger partial charge in [-0.25, -0.2) is 0 Å². The number of hydrogen-bond acceptors (Lipinski definition) is 5. The molecule has 0 atom stereocenters. The highest BCUT2D eigenvalue weighted by Crippen LogP contribution is 1.67. The predicted octanol–water partition coefficient (Wildman–Crippen LogP) is -1.51. The lowest BCUT2D eigenvalue weighted by atomic mass is 10.8. The summed E-state index contributed by atoms with van der Waals surface area (Å²) in [7, 11) is -4.61. The van der Waals surface area contributed by atoms with Crippen LogP contribution in [0.2, 0.25) is 0 Å². The Morgan fingerprint density at radius 2 is 1.44 bits per heavy atom. The van der Waals surface area contributed by atoms with Gasteiger partial charge in [-0.3, -0.25) is 0 Å². The fraction of sp³-hybridized carbons (Fsp3) is 0.333. The molecule has 0 saturated carbocycles. The standard InChI is InChI=1S/C3H6S.H4O4Si/c1-2-3-4;1-5(2,3)4/h2,4H,1,3H2;1-4H. The Morgan fingerprint density at radius 1 is 1.33 bits per heavy atom. The van der Waals surface area contributed by atoms with E-state index in [1.807, 2.05) is 0 Å². The molecular weight excluding hydrogens is 160 g/mol. The summed E-state index contributed by atoms with van der Waals surface area (Å²) in [6.45, 7) is 3.40. The molecule has 4 N–H and O–H groups in total. The minimum Gasteiger partial charge on any atom is -0.368 e. The molecule has 0 bridgehead atoms. The van der Waals surface area contributed by atoms with Crippen molar-refractivity contribution in [3.63, 3.8) is 0 Å². The summed E-state index contributed by atoms with van der Waals surface area (Å²) in [4.78, 5) is 29.3. The third kappa shape index (κ3) is 234. The zero-order valence-electron chi connectivity index (χ0n) is 4.73. The van der Waals surface area contributed by atoms with Crippen molar-refractivity contribution in [2.45, 2.75) is 0 Å². The Bertz CT molecular complexity index is 64.7. The van der Waals surface area contributed by atoms with Gasteiger partial charge in [-0.05, 0) is 0 Å².